The van der Waals surface area contributed by atoms with E-state index in [0.717, 1.165) is 5.56 Å². The minimum Gasteiger partial charge on any atom is -0.396 e. The Hall–Kier alpha value is -1.81. The lowest BCUT2D eigenvalue weighted by Gasteiger charge is -2.08. The molecular weight excluding hydrogens is 241 g/mol. The summed E-state index contributed by atoms with van der Waals surface area (Å²) in [5.74, 6) is 0.181. The smallest absolute Gasteiger partial charge is 0.149 e. The third-order valence-electron chi connectivity index (χ3n) is 2.28. The largest absolute Gasteiger partial charge is 0.396 e. The van der Waals surface area contributed by atoms with Gasteiger partial charge >= 0.3 is 0 Å². The van der Waals surface area contributed by atoms with Crippen molar-refractivity contribution in [1.82, 2.24) is 4.98 Å². The first-order chi connectivity index (χ1) is 8.16. The van der Waals surface area contributed by atoms with Crippen LogP contribution in [0.25, 0.3) is 0 Å². The molecular formula is C12H11ClFN3. The van der Waals surface area contributed by atoms with Crippen molar-refractivity contribution in [3.63, 3.8) is 0 Å². The maximum Gasteiger partial charge on any atom is 0.149 e. The Labute approximate surface area is 103 Å². The number of aromatic nitrogens is 1. The Morgan fingerprint density at radius 3 is 2.88 bits per heavy atom. The molecule has 5 heteroatoms. The Morgan fingerprint density at radius 1 is 1.35 bits per heavy atom. The van der Waals surface area contributed by atoms with Crippen molar-refractivity contribution in [3.05, 3.63) is 52.9 Å². The molecule has 88 valence electrons. The number of hydrogen-bond acceptors (Lipinski definition) is 3. The van der Waals surface area contributed by atoms with Gasteiger partial charge in [-0.05, 0) is 29.8 Å². The number of pyridine rings is 1. The second-order valence-corrected chi connectivity index (χ2v) is 3.95. The molecule has 0 aliphatic rings. The number of nitrogen functional groups attached to an aromatic ring is 1. The van der Waals surface area contributed by atoms with Gasteiger partial charge in [0.15, 0.2) is 0 Å². The molecule has 0 amide bonds. The number of halogens is 2. The Morgan fingerprint density at radius 2 is 2.18 bits per heavy atom. The lowest BCUT2D eigenvalue weighted by molar-refractivity contribution is 0.627. The fraction of sp³-hybridized carbons (Fsp3) is 0.0833. The Balaban J connectivity index is 2.08. The van der Waals surface area contributed by atoms with Crippen LogP contribution in [0.1, 0.15) is 5.56 Å². The van der Waals surface area contributed by atoms with Crippen molar-refractivity contribution in [3.8, 4) is 0 Å². The zero-order chi connectivity index (χ0) is 12.3. The van der Waals surface area contributed by atoms with Crippen molar-refractivity contribution in [2.75, 3.05) is 11.1 Å². The molecule has 0 unspecified atom stereocenters. The molecule has 0 aliphatic carbocycles. The number of rotatable bonds is 3. The summed E-state index contributed by atoms with van der Waals surface area (Å²) in [5, 5.41) is 3.17. The number of nitrogens with two attached hydrogens (primary N) is 1. The highest BCUT2D eigenvalue weighted by atomic mass is 35.5. The van der Waals surface area contributed by atoms with Crippen LogP contribution in [0.4, 0.5) is 15.9 Å². The summed E-state index contributed by atoms with van der Waals surface area (Å²) in [5.41, 5.74) is 7.16. The van der Waals surface area contributed by atoms with Crippen LogP contribution in [0.3, 0.4) is 0 Å². The van der Waals surface area contributed by atoms with Gasteiger partial charge in [-0.25, -0.2) is 9.37 Å². The van der Waals surface area contributed by atoms with Gasteiger partial charge in [-0.2, -0.15) is 0 Å². The average molecular weight is 252 g/mol. The van der Waals surface area contributed by atoms with Gasteiger partial charge in [-0.1, -0.05) is 17.7 Å². The molecule has 0 saturated heterocycles. The monoisotopic (exact) mass is 251 g/mol. The summed E-state index contributed by atoms with van der Waals surface area (Å²) in [4.78, 5) is 4.09. The number of anilines is 2. The molecule has 2 rings (SSSR count). The van der Waals surface area contributed by atoms with E-state index in [2.05, 4.69) is 10.3 Å². The Kier molecular flexibility index (Phi) is 3.44. The maximum absolute atomic E-state index is 12.9. The van der Waals surface area contributed by atoms with Crippen LogP contribution < -0.4 is 11.1 Å². The minimum absolute atomic E-state index is 0.110. The quantitative estimate of drug-likeness (QED) is 0.882. The second-order valence-electron chi connectivity index (χ2n) is 3.54. The van der Waals surface area contributed by atoms with Crippen LogP contribution in [-0.4, -0.2) is 4.98 Å². The zero-order valence-electron chi connectivity index (χ0n) is 8.95. The lowest BCUT2D eigenvalue weighted by Crippen LogP contribution is -2.04. The van der Waals surface area contributed by atoms with Gasteiger partial charge < -0.3 is 11.1 Å². The van der Waals surface area contributed by atoms with E-state index in [9.17, 15) is 4.39 Å². The first-order valence-electron chi connectivity index (χ1n) is 5.05. The van der Waals surface area contributed by atoms with Crippen LogP contribution >= 0.6 is 11.6 Å². The highest BCUT2D eigenvalue weighted by Gasteiger charge is 2.02. The van der Waals surface area contributed by atoms with Gasteiger partial charge in [0.1, 0.15) is 11.6 Å². The zero-order valence-corrected chi connectivity index (χ0v) is 9.71. The standard InChI is InChI=1S/C12H11ClFN3/c13-9-6-8(3-4-10(9)14)7-17-12-11(15)2-1-5-16-12/h1-6H,7,15H2,(H,16,17). The van der Waals surface area contributed by atoms with E-state index >= 15 is 0 Å². The van der Waals surface area contributed by atoms with Crippen LogP contribution in [0.15, 0.2) is 36.5 Å². The van der Waals surface area contributed by atoms with Crippen molar-refractivity contribution in [2.24, 2.45) is 0 Å². The highest BCUT2D eigenvalue weighted by molar-refractivity contribution is 6.30. The van der Waals surface area contributed by atoms with E-state index in [1.165, 1.54) is 6.07 Å². The van der Waals surface area contributed by atoms with Gasteiger partial charge in [0.2, 0.25) is 0 Å². The van der Waals surface area contributed by atoms with Crippen LogP contribution in [0.5, 0.6) is 0 Å². The van der Waals surface area contributed by atoms with Crippen molar-refractivity contribution in [2.45, 2.75) is 6.54 Å². The summed E-state index contributed by atoms with van der Waals surface area (Å²) in [6.07, 6.45) is 1.65. The molecule has 0 saturated carbocycles. The van der Waals surface area contributed by atoms with Crippen molar-refractivity contribution < 1.29 is 4.39 Å². The average Bonchev–Trinajstić information content (AvgIpc) is 2.32. The highest BCUT2D eigenvalue weighted by Crippen LogP contribution is 2.18. The molecule has 0 bridgehead atoms. The molecule has 0 atom stereocenters. The van der Waals surface area contributed by atoms with Gasteiger partial charge in [0.05, 0.1) is 10.7 Å². The Bertz CT molecular complexity index is 531. The van der Waals surface area contributed by atoms with Crippen LogP contribution in [-0.2, 0) is 6.54 Å². The van der Waals surface area contributed by atoms with E-state index in [0.29, 0.717) is 18.1 Å². The lowest BCUT2D eigenvalue weighted by atomic mass is 10.2. The molecule has 1 heterocycles. The first-order valence-corrected chi connectivity index (χ1v) is 5.43. The molecule has 0 aliphatic heterocycles. The minimum atomic E-state index is -0.423. The van der Waals surface area contributed by atoms with Crippen molar-refractivity contribution in [1.29, 1.82) is 0 Å². The topological polar surface area (TPSA) is 50.9 Å². The van der Waals surface area contributed by atoms with Crippen LogP contribution in [0.2, 0.25) is 5.02 Å². The number of nitrogens with one attached hydrogen (secondary N) is 1. The summed E-state index contributed by atoms with van der Waals surface area (Å²) in [7, 11) is 0. The van der Waals surface area contributed by atoms with E-state index in [1.54, 1.807) is 30.5 Å². The second kappa shape index (κ2) is 5.01. The van der Waals surface area contributed by atoms with E-state index in [4.69, 9.17) is 17.3 Å². The maximum atomic E-state index is 12.9. The molecule has 17 heavy (non-hydrogen) atoms. The summed E-state index contributed by atoms with van der Waals surface area (Å²) < 4.78 is 12.9. The summed E-state index contributed by atoms with van der Waals surface area (Å²) >= 11 is 5.68. The third kappa shape index (κ3) is 2.85. The van der Waals surface area contributed by atoms with Crippen LogP contribution in [0, 0.1) is 5.82 Å². The van der Waals surface area contributed by atoms with Gasteiger partial charge in [-0.15, -0.1) is 0 Å². The van der Waals surface area contributed by atoms with E-state index in [1.807, 2.05) is 0 Å². The number of nitrogens with zero attached hydrogens (tertiary/aromatic N) is 1. The molecule has 1 aromatic heterocycles. The normalized spacial score (nSPS) is 10.2. The van der Waals surface area contributed by atoms with Gasteiger partial charge in [0.25, 0.3) is 0 Å². The van der Waals surface area contributed by atoms with E-state index in [-0.39, 0.29) is 5.02 Å². The number of hydrogen-bond donors (Lipinski definition) is 2. The summed E-state index contributed by atoms with van der Waals surface area (Å²) in [6, 6.07) is 8.08. The summed E-state index contributed by atoms with van der Waals surface area (Å²) in [6.45, 7) is 0.487. The third-order valence-corrected chi connectivity index (χ3v) is 2.57. The predicted molar refractivity (Wildman–Crippen MR) is 67.4 cm³/mol. The van der Waals surface area contributed by atoms with Crippen molar-refractivity contribution >= 4 is 23.1 Å². The molecule has 0 radical (unpaired) electrons. The molecule has 0 fully saturated rings. The fourth-order valence-electron chi connectivity index (χ4n) is 1.40. The number of benzene rings is 1. The first kappa shape index (κ1) is 11.7. The molecule has 1 aromatic carbocycles. The van der Waals surface area contributed by atoms with Gasteiger partial charge in [-0.3, -0.25) is 0 Å². The molecule has 3 nitrogen and oxygen atoms in total. The van der Waals surface area contributed by atoms with E-state index < -0.39 is 5.82 Å². The molecule has 2 aromatic rings. The SMILES string of the molecule is Nc1cccnc1NCc1ccc(F)c(Cl)c1. The fourth-order valence-corrected chi connectivity index (χ4v) is 1.60. The molecule has 0 spiro atoms. The molecule has 3 N–H and O–H groups in total. The van der Waals surface area contributed by atoms with Gasteiger partial charge in [0, 0.05) is 12.7 Å². The predicted octanol–water partition coefficient (Wildman–Crippen LogP) is 3.07.